The Morgan fingerprint density at radius 2 is 2.04 bits per heavy atom. The highest BCUT2D eigenvalue weighted by Gasteiger charge is 2.31. The molecule has 1 fully saturated rings. The van der Waals surface area contributed by atoms with Gasteiger partial charge in [-0.15, -0.1) is 0 Å². The van der Waals surface area contributed by atoms with E-state index in [9.17, 15) is 18.0 Å². The fraction of sp³-hybridized carbons (Fsp3) is 0.353. The first kappa shape index (κ1) is 17.2. The molecule has 8 heteroatoms. The van der Waals surface area contributed by atoms with Crippen molar-refractivity contribution >= 4 is 27.3 Å². The minimum absolute atomic E-state index is 0.0534. The average molecular weight is 359 g/mol. The van der Waals surface area contributed by atoms with E-state index < -0.39 is 9.84 Å². The normalized spacial score (nSPS) is 22.0. The molecule has 25 heavy (non-hydrogen) atoms. The van der Waals surface area contributed by atoms with Crippen LogP contribution in [0.5, 0.6) is 0 Å². The van der Waals surface area contributed by atoms with Crippen LogP contribution >= 0.6 is 0 Å². The summed E-state index contributed by atoms with van der Waals surface area (Å²) < 4.78 is 22.8. The minimum Gasteiger partial charge on any atom is -0.332 e. The maximum absolute atomic E-state index is 12.4. The van der Waals surface area contributed by atoms with Crippen molar-refractivity contribution in [1.82, 2.24) is 4.90 Å². The van der Waals surface area contributed by atoms with Crippen molar-refractivity contribution in [3.8, 4) is 6.07 Å². The summed E-state index contributed by atoms with van der Waals surface area (Å²) in [5.74, 6) is -0.863. The first-order valence-electron chi connectivity index (χ1n) is 7.88. The Bertz CT molecular complexity index is 885. The second-order valence-corrected chi connectivity index (χ2v) is 8.04. The molecule has 1 aromatic rings. The van der Waals surface area contributed by atoms with E-state index in [2.05, 4.69) is 6.07 Å². The number of sulfone groups is 1. The van der Waals surface area contributed by atoms with Crippen LogP contribution in [0.3, 0.4) is 0 Å². The first-order chi connectivity index (χ1) is 11.9. The number of piperazine rings is 1. The van der Waals surface area contributed by atoms with Crippen LogP contribution < -0.4 is 4.90 Å². The number of amides is 2. The number of carbonyl (C=O) groups excluding carboxylic acids is 2. The van der Waals surface area contributed by atoms with Gasteiger partial charge in [-0.25, -0.2) is 8.42 Å². The number of anilines is 1. The molecular weight excluding hydrogens is 342 g/mol. The van der Waals surface area contributed by atoms with Gasteiger partial charge in [0, 0.05) is 30.8 Å². The molecule has 0 radical (unpaired) electrons. The van der Waals surface area contributed by atoms with Crippen molar-refractivity contribution in [3.05, 3.63) is 41.3 Å². The Morgan fingerprint density at radius 1 is 1.28 bits per heavy atom. The van der Waals surface area contributed by atoms with Gasteiger partial charge >= 0.3 is 0 Å². The van der Waals surface area contributed by atoms with Crippen molar-refractivity contribution in [2.45, 2.75) is 6.42 Å². The van der Waals surface area contributed by atoms with Crippen LogP contribution in [-0.2, 0) is 19.4 Å². The lowest BCUT2D eigenvalue weighted by Crippen LogP contribution is -2.52. The van der Waals surface area contributed by atoms with Gasteiger partial charge < -0.3 is 9.80 Å². The third-order valence-corrected chi connectivity index (χ3v) is 5.79. The Balaban J connectivity index is 1.64. The van der Waals surface area contributed by atoms with Gasteiger partial charge in [-0.05, 0) is 12.1 Å². The Morgan fingerprint density at radius 3 is 2.68 bits per heavy atom. The molecule has 0 spiro atoms. The summed E-state index contributed by atoms with van der Waals surface area (Å²) in [5.41, 5.74) is 0.962. The van der Waals surface area contributed by atoms with E-state index in [1.165, 1.54) is 15.9 Å². The lowest BCUT2D eigenvalue weighted by molar-refractivity contribution is -0.137. The third-order valence-electron chi connectivity index (χ3n) is 4.33. The van der Waals surface area contributed by atoms with Crippen LogP contribution in [0.15, 0.2) is 35.7 Å². The van der Waals surface area contributed by atoms with Gasteiger partial charge in [-0.2, -0.15) is 5.26 Å². The summed E-state index contributed by atoms with van der Waals surface area (Å²) in [6.45, 7) is 0.595. The van der Waals surface area contributed by atoms with E-state index >= 15 is 0 Å². The molecule has 1 saturated heterocycles. The summed E-state index contributed by atoms with van der Waals surface area (Å²) in [7, 11) is -3.19. The molecule has 7 nitrogen and oxygen atoms in total. The maximum Gasteiger partial charge on any atom is 0.246 e. The molecule has 1 aromatic carbocycles. The van der Waals surface area contributed by atoms with E-state index in [0.717, 1.165) is 5.41 Å². The number of carbonyl (C=O) groups is 2. The first-order valence-corrected chi connectivity index (χ1v) is 9.59. The summed E-state index contributed by atoms with van der Waals surface area (Å²) in [5, 5.41) is 10.3. The number of nitrogens with zero attached hydrogens (tertiary/aromatic N) is 3. The third kappa shape index (κ3) is 3.72. The number of para-hydroxylation sites is 1. The predicted octanol–water partition coefficient (Wildman–Crippen LogP) is 0.682. The largest absolute Gasteiger partial charge is 0.332 e. The van der Waals surface area contributed by atoms with Crippen LogP contribution in [0, 0.1) is 17.2 Å². The fourth-order valence-corrected chi connectivity index (χ4v) is 4.46. The molecule has 1 atom stereocenters. The molecule has 0 unspecified atom stereocenters. The van der Waals surface area contributed by atoms with Gasteiger partial charge in [-0.3, -0.25) is 9.59 Å². The lowest BCUT2D eigenvalue weighted by Gasteiger charge is -2.35. The molecule has 2 amide bonds. The van der Waals surface area contributed by atoms with E-state index in [4.69, 9.17) is 5.26 Å². The van der Waals surface area contributed by atoms with E-state index in [1.54, 1.807) is 24.3 Å². The van der Waals surface area contributed by atoms with Gasteiger partial charge in [0.15, 0.2) is 9.84 Å². The molecule has 130 valence electrons. The van der Waals surface area contributed by atoms with Gasteiger partial charge in [0.05, 0.1) is 17.0 Å². The summed E-state index contributed by atoms with van der Waals surface area (Å²) in [6.07, 6.45) is 1.62. The fourth-order valence-electron chi connectivity index (χ4n) is 3.07. The number of hydrogen-bond donors (Lipinski definition) is 0. The number of hydrogen-bond acceptors (Lipinski definition) is 5. The monoisotopic (exact) mass is 359 g/mol. The van der Waals surface area contributed by atoms with Crippen molar-refractivity contribution in [2.24, 2.45) is 5.92 Å². The van der Waals surface area contributed by atoms with E-state index in [0.29, 0.717) is 24.3 Å². The molecule has 0 aliphatic carbocycles. The molecule has 0 bridgehead atoms. The van der Waals surface area contributed by atoms with E-state index in [1.807, 2.05) is 0 Å². The number of benzene rings is 1. The minimum atomic E-state index is -3.19. The molecule has 3 rings (SSSR count). The van der Waals surface area contributed by atoms with Crippen LogP contribution in [0.2, 0.25) is 0 Å². The van der Waals surface area contributed by atoms with Gasteiger partial charge in [0.2, 0.25) is 11.8 Å². The zero-order valence-electron chi connectivity index (χ0n) is 13.5. The second kappa shape index (κ2) is 6.69. The highest BCUT2D eigenvalue weighted by molar-refractivity contribution is 7.94. The van der Waals surface area contributed by atoms with Crippen molar-refractivity contribution in [2.75, 3.05) is 30.3 Å². The smallest absolute Gasteiger partial charge is 0.246 e. The van der Waals surface area contributed by atoms with E-state index in [-0.39, 0.29) is 36.5 Å². The molecular formula is C17H17N3O4S. The zero-order valence-corrected chi connectivity index (χ0v) is 14.3. The quantitative estimate of drug-likeness (QED) is 0.790. The van der Waals surface area contributed by atoms with Crippen LogP contribution in [0.1, 0.15) is 12.0 Å². The molecule has 2 aliphatic rings. The Labute approximate surface area is 146 Å². The van der Waals surface area contributed by atoms with Gasteiger partial charge in [0.1, 0.15) is 12.6 Å². The number of nitriles is 1. The SMILES string of the molecule is N#Cc1ccccc1N1CCN(C(=O)C[C@H]2C=CS(=O)(=O)C2)CC1=O. The number of allylic oxidation sites excluding steroid dienone is 1. The highest BCUT2D eigenvalue weighted by atomic mass is 32.2. The van der Waals surface area contributed by atoms with Crippen molar-refractivity contribution < 1.29 is 18.0 Å². The summed E-state index contributed by atoms with van der Waals surface area (Å²) >= 11 is 0. The second-order valence-electron chi connectivity index (χ2n) is 6.11. The Hall–Kier alpha value is -2.66. The summed E-state index contributed by atoms with van der Waals surface area (Å²) in [4.78, 5) is 27.7. The molecule has 2 heterocycles. The van der Waals surface area contributed by atoms with Crippen LogP contribution in [-0.4, -0.2) is 50.5 Å². The molecule has 0 N–H and O–H groups in total. The summed E-state index contributed by atoms with van der Waals surface area (Å²) in [6, 6.07) is 8.91. The van der Waals surface area contributed by atoms with Crippen LogP contribution in [0.4, 0.5) is 5.69 Å². The molecule has 0 aromatic heterocycles. The van der Waals surface area contributed by atoms with Crippen molar-refractivity contribution in [1.29, 1.82) is 5.26 Å². The highest BCUT2D eigenvalue weighted by Crippen LogP contribution is 2.23. The molecule has 2 aliphatic heterocycles. The maximum atomic E-state index is 12.4. The lowest BCUT2D eigenvalue weighted by atomic mass is 10.1. The zero-order chi connectivity index (χ0) is 18.0. The Kier molecular flexibility index (Phi) is 4.59. The average Bonchev–Trinajstić information content (AvgIpc) is 2.93. The van der Waals surface area contributed by atoms with Crippen LogP contribution in [0.25, 0.3) is 0 Å². The predicted molar refractivity (Wildman–Crippen MR) is 91.1 cm³/mol. The topological polar surface area (TPSA) is 98.5 Å². The van der Waals surface area contributed by atoms with Gasteiger partial charge in [-0.1, -0.05) is 18.2 Å². The van der Waals surface area contributed by atoms with Gasteiger partial charge in [0.25, 0.3) is 0 Å². The van der Waals surface area contributed by atoms with Crippen molar-refractivity contribution in [3.63, 3.8) is 0 Å². The standard InChI is InChI=1S/C17H17N3O4S/c18-10-14-3-1-2-4-15(14)20-7-6-19(11-17(20)22)16(21)9-13-5-8-25(23,24)12-13/h1-5,8,13H,6-7,9,11-12H2/t13-/m1/s1. The molecule has 0 saturated carbocycles. The number of rotatable bonds is 3.